The predicted molar refractivity (Wildman–Crippen MR) is 39.4 cm³/mol. The molecule has 5 heteroatoms. The number of hydrogen-bond donors (Lipinski definition) is 4. The van der Waals surface area contributed by atoms with Crippen LogP contribution in [0.1, 0.15) is 6.92 Å². The van der Waals surface area contributed by atoms with Gasteiger partial charge in [-0.3, -0.25) is 0 Å². The lowest BCUT2D eigenvalue weighted by Gasteiger charge is -2.38. The van der Waals surface area contributed by atoms with Crippen LogP contribution in [0.2, 0.25) is 0 Å². The van der Waals surface area contributed by atoms with Gasteiger partial charge in [-0.25, -0.2) is 0 Å². The van der Waals surface area contributed by atoms with Gasteiger partial charge in [-0.05, 0) is 6.92 Å². The van der Waals surface area contributed by atoms with Crippen molar-refractivity contribution in [3.8, 4) is 0 Å². The highest BCUT2D eigenvalue weighted by atomic mass is 16.5. The van der Waals surface area contributed by atoms with E-state index in [4.69, 9.17) is 9.84 Å². The van der Waals surface area contributed by atoms with E-state index in [1.807, 2.05) is 0 Å². The van der Waals surface area contributed by atoms with E-state index in [1.165, 1.54) is 0 Å². The Morgan fingerprint density at radius 3 is 2.17 bits per heavy atom. The molecule has 5 nitrogen and oxygen atoms in total. The van der Waals surface area contributed by atoms with Crippen LogP contribution < -0.4 is 0 Å². The molecule has 1 aliphatic rings. The maximum atomic E-state index is 9.23. The number of aliphatic hydroxyl groups is 4. The molecule has 1 heterocycles. The van der Waals surface area contributed by atoms with Crippen LogP contribution in [0.4, 0.5) is 0 Å². The van der Waals surface area contributed by atoms with Crippen molar-refractivity contribution in [1.29, 1.82) is 0 Å². The molecule has 0 saturated carbocycles. The van der Waals surface area contributed by atoms with Crippen LogP contribution in [0, 0.1) is 0 Å². The molecule has 0 aromatic carbocycles. The van der Waals surface area contributed by atoms with Gasteiger partial charge in [0, 0.05) is 0 Å². The molecule has 1 saturated heterocycles. The molecular weight excluding hydrogens is 164 g/mol. The summed E-state index contributed by atoms with van der Waals surface area (Å²) in [4.78, 5) is 0. The summed E-state index contributed by atoms with van der Waals surface area (Å²) in [5, 5.41) is 36.4. The van der Waals surface area contributed by atoms with Crippen molar-refractivity contribution in [2.45, 2.75) is 37.4 Å². The van der Waals surface area contributed by atoms with Gasteiger partial charge in [-0.1, -0.05) is 0 Å². The molecule has 1 rings (SSSR count). The Bertz CT molecular complexity index is 146. The maximum absolute atomic E-state index is 9.23. The predicted octanol–water partition coefficient (Wildman–Crippen LogP) is -2.15. The lowest BCUT2D eigenvalue weighted by atomic mass is 9.96. The highest BCUT2D eigenvalue weighted by Gasteiger charge is 2.41. The fourth-order valence-corrected chi connectivity index (χ4v) is 1.29. The topological polar surface area (TPSA) is 90.2 Å². The van der Waals surface area contributed by atoms with Gasteiger partial charge in [0.2, 0.25) is 0 Å². The zero-order valence-electron chi connectivity index (χ0n) is 6.79. The molecule has 0 aromatic rings. The first-order valence-electron chi connectivity index (χ1n) is 3.88. The summed E-state index contributed by atoms with van der Waals surface area (Å²) in [7, 11) is 0. The first-order valence-corrected chi connectivity index (χ1v) is 3.88. The smallest absolute Gasteiger partial charge is 0.111 e. The normalized spacial score (nSPS) is 49.2. The van der Waals surface area contributed by atoms with Crippen LogP contribution >= 0.6 is 0 Å². The van der Waals surface area contributed by atoms with E-state index >= 15 is 0 Å². The van der Waals surface area contributed by atoms with Crippen molar-refractivity contribution < 1.29 is 25.2 Å². The van der Waals surface area contributed by atoms with Gasteiger partial charge in [0.25, 0.3) is 0 Å². The van der Waals surface area contributed by atoms with Gasteiger partial charge in [0.15, 0.2) is 0 Å². The maximum Gasteiger partial charge on any atom is 0.111 e. The third-order valence-corrected chi connectivity index (χ3v) is 2.13. The first-order chi connectivity index (χ1) is 5.57. The van der Waals surface area contributed by atoms with Gasteiger partial charge < -0.3 is 25.2 Å². The molecular formula is C7H14O5. The van der Waals surface area contributed by atoms with Crippen LogP contribution in [0.5, 0.6) is 0 Å². The van der Waals surface area contributed by atoms with Crippen LogP contribution in [0.15, 0.2) is 0 Å². The second-order valence-corrected chi connectivity index (χ2v) is 3.03. The minimum atomic E-state index is -1.24. The number of rotatable bonds is 1. The highest BCUT2D eigenvalue weighted by Crippen LogP contribution is 2.20. The summed E-state index contributed by atoms with van der Waals surface area (Å²) in [5.74, 6) is 0. The second kappa shape index (κ2) is 3.68. The Hall–Kier alpha value is -0.200. The Balaban J connectivity index is 2.63. The van der Waals surface area contributed by atoms with Gasteiger partial charge in [0.1, 0.15) is 24.4 Å². The zero-order chi connectivity index (χ0) is 9.30. The average molecular weight is 178 g/mol. The largest absolute Gasteiger partial charge is 0.394 e. The first kappa shape index (κ1) is 9.88. The van der Waals surface area contributed by atoms with Gasteiger partial charge >= 0.3 is 0 Å². The van der Waals surface area contributed by atoms with E-state index in [0.29, 0.717) is 0 Å². The Labute approximate surface area is 70.2 Å². The fourth-order valence-electron chi connectivity index (χ4n) is 1.29. The molecule has 72 valence electrons. The minimum Gasteiger partial charge on any atom is -0.394 e. The molecule has 0 amide bonds. The number of ether oxygens (including phenoxy) is 1. The Morgan fingerprint density at radius 2 is 1.67 bits per heavy atom. The third kappa shape index (κ3) is 1.60. The lowest BCUT2D eigenvalue weighted by Crippen LogP contribution is -2.57. The van der Waals surface area contributed by atoms with Crippen molar-refractivity contribution in [1.82, 2.24) is 0 Å². The van der Waals surface area contributed by atoms with Gasteiger partial charge in [-0.15, -0.1) is 0 Å². The summed E-state index contributed by atoms with van der Waals surface area (Å²) in [6.45, 7) is 1.21. The molecule has 0 spiro atoms. The van der Waals surface area contributed by atoms with Gasteiger partial charge in [0.05, 0.1) is 12.7 Å². The molecule has 4 N–H and O–H groups in total. The molecule has 12 heavy (non-hydrogen) atoms. The van der Waals surface area contributed by atoms with Crippen LogP contribution in [0.3, 0.4) is 0 Å². The van der Waals surface area contributed by atoms with Crippen molar-refractivity contribution in [2.75, 3.05) is 6.61 Å². The van der Waals surface area contributed by atoms with E-state index < -0.39 is 30.5 Å². The van der Waals surface area contributed by atoms with E-state index in [1.54, 1.807) is 6.92 Å². The SMILES string of the molecule is C[C@@H]1O[C@H](CO)[C@@H](O)[C@H](O)[C@@H]1O. The molecule has 1 fully saturated rings. The van der Waals surface area contributed by atoms with Crippen molar-refractivity contribution in [3.63, 3.8) is 0 Å². The summed E-state index contributed by atoms with van der Waals surface area (Å²) in [5.41, 5.74) is 0. The van der Waals surface area contributed by atoms with Crippen LogP contribution in [0.25, 0.3) is 0 Å². The van der Waals surface area contributed by atoms with Crippen LogP contribution in [-0.2, 0) is 4.74 Å². The van der Waals surface area contributed by atoms with E-state index in [-0.39, 0.29) is 6.61 Å². The molecule has 0 aliphatic carbocycles. The number of hydrogen-bond acceptors (Lipinski definition) is 5. The van der Waals surface area contributed by atoms with Crippen molar-refractivity contribution >= 4 is 0 Å². The van der Waals surface area contributed by atoms with Crippen molar-refractivity contribution in [3.05, 3.63) is 0 Å². The lowest BCUT2D eigenvalue weighted by molar-refractivity contribution is -0.224. The monoisotopic (exact) mass is 178 g/mol. The van der Waals surface area contributed by atoms with E-state index in [2.05, 4.69) is 0 Å². The van der Waals surface area contributed by atoms with Crippen LogP contribution in [-0.4, -0.2) is 57.6 Å². The summed E-state index contributed by atoms with van der Waals surface area (Å²) in [6, 6.07) is 0. The second-order valence-electron chi connectivity index (χ2n) is 3.03. The summed E-state index contributed by atoms with van der Waals surface area (Å²) in [6.07, 6.45) is -4.94. The quantitative estimate of drug-likeness (QED) is 0.367. The summed E-state index contributed by atoms with van der Waals surface area (Å²) >= 11 is 0. The van der Waals surface area contributed by atoms with Gasteiger partial charge in [-0.2, -0.15) is 0 Å². The standard InChI is InChI=1S/C7H14O5/c1-3-5(9)7(11)6(10)4(2-8)12-3/h3-11H,2H2,1H3/t3-,4+,5+,6+,7+/m0/s1. The third-order valence-electron chi connectivity index (χ3n) is 2.13. The number of aliphatic hydroxyl groups excluding tert-OH is 4. The fraction of sp³-hybridized carbons (Fsp3) is 1.00. The molecule has 0 unspecified atom stereocenters. The minimum absolute atomic E-state index is 0.366. The molecule has 1 aliphatic heterocycles. The Morgan fingerprint density at radius 1 is 1.08 bits per heavy atom. The highest BCUT2D eigenvalue weighted by molar-refractivity contribution is 4.89. The zero-order valence-corrected chi connectivity index (χ0v) is 6.79. The van der Waals surface area contributed by atoms with E-state index in [0.717, 1.165) is 0 Å². The molecule has 0 radical (unpaired) electrons. The van der Waals surface area contributed by atoms with Crippen molar-refractivity contribution in [2.24, 2.45) is 0 Å². The molecule has 0 bridgehead atoms. The Kier molecular flexibility index (Phi) is 3.03. The van der Waals surface area contributed by atoms with E-state index in [9.17, 15) is 15.3 Å². The molecule has 5 atom stereocenters. The summed E-state index contributed by atoms with van der Waals surface area (Å²) < 4.78 is 5.02. The average Bonchev–Trinajstić information content (AvgIpc) is 2.08. The molecule has 0 aromatic heterocycles.